The third-order valence-electron chi connectivity index (χ3n) is 0.197. The number of hydrogen-bond acceptors (Lipinski definition) is 10. The van der Waals surface area contributed by atoms with E-state index in [1.54, 1.807) is 0 Å². The van der Waals surface area contributed by atoms with Gasteiger partial charge in [0.2, 0.25) is 10.4 Å². The summed E-state index contributed by atoms with van der Waals surface area (Å²) in [4.78, 5) is 0. The molecule has 0 saturated heterocycles. The summed E-state index contributed by atoms with van der Waals surface area (Å²) in [7, 11) is -15.0. The second kappa shape index (κ2) is 9.49. The summed E-state index contributed by atoms with van der Waals surface area (Å²) in [6.07, 6.45) is 0. The van der Waals surface area contributed by atoms with Gasteiger partial charge in [0.25, 0.3) is 0 Å². The van der Waals surface area contributed by atoms with E-state index in [1.165, 1.54) is 0 Å². The molecule has 102 valence electrons. The minimum atomic E-state index is -5.27. The van der Waals surface area contributed by atoms with Crippen LogP contribution in [-0.2, 0) is 39.9 Å². The molecule has 0 spiro atoms. The molecule has 0 aliphatic carbocycles. The zero-order valence-corrected chi connectivity index (χ0v) is 12.4. The van der Waals surface area contributed by atoms with Gasteiger partial charge in [-0.25, -0.2) is 8.42 Å². The van der Waals surface area contributed by atoms with E-state index >= 15 is 0 Å². The standard InChI is InChI=1S/H3N.Na.H2O8S2.H2O4S/c;;1-9(2,3)7-8-10(4,5)6;1-5(2,3)4/h1H3;;(H,1,2,3)(H,4,5,6);(H2,1,2,3,4)/q;+1;;/p-1. The van der Waals surface area contributed by atoms with Crippen LogP contribution in [0.4, 0.5) is 0 Å². The van der Waals surface area contributed by atoms with E-state index in [0.29, 0.717) is 0 Å². The summed E-state index contributed by atoms with van der Waals surface area (Å²) in [5.74, 6) is 0. The van der Waals surface area contributed by atoms with Crippen LogP contribution in [0.2, 0.25) is 0 Å². The predicted molar refractivity (Wildman–Crippen MR) is 42.6 cm³/mol. The molecule has 0 bridgehead atoms. The molecule has 0 aliphatic heterocycles. The van der Waals surface area contributed by atoms with Crippen molar-refractivity contribution < 1.29 is 81.7 Å². The maximum absolute atomic E-state index is 9.48. The van der Waals surface area contributed by atoms with E-state index in [4.69, 9.17) is 22.1 Å². The van der Waals surface area contributed by atoms with Gasteiger partial charge in [0, 0.05) is 0 Å². The van der Waals surface area contributed by atoms with E-state index in [9.17, 15) is 21.4 Å². The van der Waals surface area contributed by atoms with E-state index in [2.05, 4.69) is 8.67 Å². The Balaban J connectivity index is -0.000000105. The van der Waals surface area contributed by atoms with Crippen LogP contribution in [0, 0.1) is 0 Å². The summed E-state index contributed by atoms with van der Waals surface area (Å²) in [5.41, 5.74) is 0. The monoisotopic (exact) mass is 331 g/mol. The molecule has 0 aliphatic rings. The second-order valence-corrected chi connectivity index (χ2v) is 4.26. The second-order valence-electron chi connectivity index (χ2n) is 1.42. The molecule has 0 unspecified atom stereocenters. The van der Waals surface area contributed by atoms with Gasteiger partial charge >= 0.3 is 50.4 Å². The molecule has 0 aromatic heterocycles. The summed E-state index contributed by atoms with van der Waals surface area (Å²) < 4.78 is 91.7. The fraction of sp³-hybridized carbons (Fsp3) is 0. The van der Waals surface area contributed by atoms with Gasteiger partial charge in [0.15, 0.2) is 0 Å². The third-order valence-corrected chi connectivity index (χ3v) is 0.758. The van der Waals surface area contributed by atoms with Gasteiger partial charge in [-0.2, -0.15) is 16.8 Å². The first kappa shape index (κ1) is 26.2. The first-order valence-corrected chi connectivity index (χ1v) is 6.31. The van der Waals surface area contributed by atoms with Crippen molar-refractivity contribution in [2.75, 3.05) is 0 Å². The maximum atomic E-state index is 9.48. The Labute approximate surface area is 118 Å². The Morgan fingerprint density at radius 3 is 1.12 bits per heavy atom. The van der Waals surface area contributed by atoms with E-state index in [1.807, 2.05) is 0 Å². The largest absolute Gasteiger partial charge is 1.00 e. The van der Waals surface area contributed by atoms with Crippen LogP contribution in [-0.4, -0.2) is 43.5 Å². The van der Waals surface area contributed by atoms with Crippen molar-refractivity contribution in [3.05, 3.63) is 0 Å². The Morgan fingerprint density at radius 2 is 1.06 bits per heavy atom. The van der Waals surface area contributed by atoms with Crippen LogP contribution < -0.4 is 35.7 Å². The predicted octanol–water partition coefficient (Wildman–Crippen LogP) is -5.29. The summed E-state index contributed by atoms with van der Waals surface area (Å²) in [6, 6.07) is 0. The molecule has 0 fully saturated rings. The van der Waals surface area contributed by atoms with Crippen molar-refractivity contribution in [1.29, 1.82) is 0 Å². The first-order valence-electron chi connectivity index (χ1n) is 2.21. The molecule has 0 saturated carbocycles. The van der Waals surface area contributed by atoms with Crippen molar-refractivity contribution in [3.63, 3.8) is 0 Å². The molecule has 0 aromatic carbocycles. The maximum Gasteiger partial charge on any atom is 1.00 e. The van der Waals surface area contributed by atoms with Gasteiger partial charge < -0.3 is 10.7 Å². The summed E-state index contributed by atoms with van der Waals surface area (Å²) in [5, 5.41) is 0. The summed E-state index contributed by atoms with van der Waals surface area (Å²) in [6.45, 7) is 0. The van der Waals surface area contributed by atoms with Crippen LogP contribution in [0.5, 0.6) is 0 Å². The third kappa shape index (κ3) is 61.4. The SMILES string of the molecule is N.O=S(=O)(O)O.O=S(=O)([O-])OOS(=O)(=O)O.[Na+]. The van der Waals surface area contributed by atoms with Gasteiger partial charge in [-0.15, -0.1) is 0 Å². The molecule has 0 atom stereocenters. The molecule has 0 heterocycles. The van der Waals surface area contributed by atoms with E-state index < -0.39 is 31.2 Å². The molecule has 6 N–H and O–H groups in total. The van der Waals surface area contributed by atoms with Crippen molar-refractivity contribution in [2.45, 2.75) is 0 Å². The van der Waals surface area contributed by atoms with Gasteiger partial charge in [-0.3, -0.25) is 13.7 Å². The van der Waals surface area contributed by atoms with Gasteiger partial charge in [-0.05, 0) is 0 Å². The average Bonchev–Trinajstić information content (AvgIpc) is 1.76. The van der Waals surface area contributed by atoms with Crippen LogP contribution in [0.1, 0.15) is 0 Å². The molecule has 13 nitrogen and oxygen atoms in total. The minimum absolute atomic E-state index is 0. The van der Waals surface area contributed by atoms with Gasteiger partial charge in [-0.1, -0.05) is 8.67 Å². The Hall–Kier alpha value is 0.570. The van der Waals surface area contributed by atoms with E-state index in [0.717, 1.165) is 0 Å². The minimum Gasteiger partial charge on any atom is -0.724 e. The normalized spacial score (nSPS) is 11.3. The van der Waals surface area contributed by atoms with Crippen LogP contribution >= 0.6 is 0 Å². The molecule has 0 amide bonds. The van der Waals surface area contributed by atoms with Crippen LogP contribution in [0.3, 0.4) is 0 Å². The molecule has 17 heavy (non-hydrogen) atoms. The molecule has 0 aromatic rings. The molecular weight excluding hydrogens is 325 g/mol. The molecular formula is H6NNaO12S3. The van der Waals surface area contributed by atoms with Crippen molar-refractivity contribution in [1.82, 2.24) is 6.15 Å². The van der Waals surface area contributed by atoms with Crippen LogP contribution in [0.25, 0.3) is 0 Å². The molecule has 0 rings (SSSR count). The number of rotatable bonds is 3. The summed E-state index contributed by atoms with van der Waals surface area (Å²) >= 11 is 0. The van der Waals surface area contributed by atoms with Crippen molar-refractivity contribution >= 4 is 31.2 Å². The number of hydrogen-bond donors (Lipinski definition) is 4. The van der Waals surface area contributed by atoms with E-state index in [-0.39, 0.29) is 35.7 Å². The zero-order valence-electron chi connectivity index (χ0n) is 7.95. The zero-order chi connectivity index (χ0) is 12.9. The Bertz CT molecular complexity index is 426. The van der Waals surface area contributed by atoms with Gasteiger partial charge in [0.05, 0.1) is 0 Å². The fourth-order valence-electron chi connectivity index (χ4n) is 0.0691. The Kier molecular flexibility index (Phi) is 14.6. The van der Waals surface area contributed by atoms with Crippen molar-refractivity contribution in [2.24, 2.45) is 0 Å². The first-order chi connectivity index (χ1) is 6.21. The topological polar surface area (TPSA) is 240 Å². The van der Waals surface area contributed by atoms with Crippen LogP contribution in [0.15, 0.2) is 0 Å². The fourth-order valence-corrected chi connectivity index (χ4v) is 0.622. The molecule has 17 heteroatoms. The Morgan fingerprint density at radius 1 is 0.824 bits per heavy atom. The van der Waals surface area contributed by atoms with Crippen molar-refractivity contribution in [3.8, 4) is 0 Å². The quantitative estimate of drug-likeness (QED) is 0.124. The molecule has 0 radical (unpaired) electrons. The average molecular weight is 331 g/mol. The smallest absolute Gasteiger partial charge is 0.724 e. The van der Waals surface area contributed by atoms with Gasteiger partial charge in [0.1, 0.15) is 0 Å².